The molecule has 0 bridgehead atoms. The lowest BCUT2D eigenvalue weighted by molar-refractivity contribution is 0.436. The van der Waals surface area contributed by atoms with Crippen molar-refractivity contribution in [1.82, 2.24) is 9.72 Å². The van der Waals surface area contributed by atoms with E-state index in [0.29, 0.717) is 5.82 Å². The minimum atomic E-state index is 0.410. The Hall–Kier alpha value is -2.23. The van der Waals surface area contributed by atoms with Gasteiger partial charge in [0.25, 0.3) is 0 Å². The van der Waals surface area contributed by atoms with Gasteiger partial charge in [-0.1, -0.05) is 23.4 Å². The van der Waals surface area contributed by atoms with Crippen LogP contribution in [-0.4, -0.2) is 9.72 Å². The van der Waals surface area contributed by atoms with Gasteiger partial charge in [-0.3, -0.25) is 0 Å². The number of hydrogen-bond acceptors (Lipinski definition) is 3. The summed E-state index contributed by atoms with van der Waals surface area (Å²) in [5.41, 5.74) is 8.98. The van der Waals surface area contributed by atoms with E-state index in [9.17, 15) is 0 Å². The fourth-order valence-electron chi connectivity index (χ4n) is 2.24. The Morgan fingerprint density at radius 2 is 2.06 bits per heavy atom. The Bertz CT molecular complexity index is 694. The number of nitrogen functional groups attached to an aromatic ring is 1. The Morgan fingerprint density at radius 1 is 1.29 bits per heavy atom. The molecule has 17 heavy (non-hydrogen) atoms. The standard InChI is InChI=1S/C13H13N3O/c1-8-13(11-7-12(14)15-17-11)9-5-3-4-6-10(9)16(8)2/h3-7H,1-2H3,(H2,14,15). The highest BCUT2D eigenvalue weighted by Gasteiger charge is 2.16. The number of hydrogen-bond donors (Lipinski definition) is 1. The molecule has 0 atom stereocenters. The van der Waals surface area contributed by atoms with Crippen molar-refractivity contribution >= 4 is 16.7 Å². The van der Waals surface area contributed by atoms with Gasteiger partial charge < -0.3 is 14.8 Å². The summed E-state index contributed by atoms with van der Waals surface area (Å²) in [7, 11) is 2.04. The van der Waals surface area contributed by atoms with Crippen LogP contribution in [0.4, 0.5) is 5.82 Å². The predicted molar refractivity (Wildman–Crippen MR) is 67.6 cm³/mol. The molecule has 4 heteroatoms. The molecule has 2 N–H and O–H groups in total. The number of fused-ring (bicyclic) bond motifs is 1. The van der Waals surface area contributed by atoms with Crippen molar-refractivity contribution in [3.05, 3.63) is 36.0 Å². The second-order valence-electron chi connectivity index (χ2n) is 4.15. The van der Waals surface area contributed by atoms with Gasteiger partial charge >= 0.3 is 0 Å². The maximum Gasteiger partial charge on any atom is 0.171 e. The van der Waals surface area contributed by atoms with Gasteiger partial charge in [-0.15, -0.1) is 0 Å². The molecule has 0 aliphatic heterocycles. The third-order valence-corrected chi connectivity index (χ3v) is 3.17. The first kappa shape index (κ1) is 9.96. The molecule has 3 aromatic rings. The molecule has 86 valence electrons. The van der Waals surface area contributed by atoms with Crippen LogP contribution < -0.4 is 5.73 Å². The van der Waals surface area contributed by atoms with Gasteiger partial charge in [0.15, 0.2) is 11.6 Å². The average Bonchev–Trinajstić information content (AvgIpc) is 2.84. The van der Waals surface area contributed by atoms with Crippen molar-refractivity contribution in [2.45, 2.75) is 6.92 Å². The first-order valence-electron chi connectivity index (χ1n) is 5.45. The molecule has 0 radical (unpaired) electrons. The molecule has 0 aliphatic carbocycles. The summed E-state index contributed by atoms with van der Waals surface area (Å²) in [4.78, 5) is 0. The van der Waals surface area contributed by atoms with Gasteiger partial charge in [0.05, 0.1) is 0 Å². The van der Waals surface area contributed by atoms with Crippen LogP contribution >= 0.6 is 0 Å². The van der Waals surface area contributed by atoms with Crippen molar-refractivity contribution in [3.63, 3.8) is 0 Å². The number of para-hydroxylation sites is 1. The van der Waals surface area contributed by atoms with Crippen LogP contribution in [0.5, 0.6) is 0 Å². The Kier molecular flexibility index (Phi) is 1.98. The molecule has 3 rings (SSSR count). The van der Waals surface area contributed by atoms with Crippen LogP contribution in [0.3, 0.4) is 0 Å². The smallest absolute Gasteiger partial charge is 0.171 e. The van der Waals surface area contributed by atoms with E-state index in [2.05, 4.69) is 28.8 Å². The van der Waals surface area contributed by atoms with E-state index >= 15 is 0 Å². The fourth-order valence-corrected chi connectivity index (χ4v) is 2.24. The van der Waals surface area contributed by atoms with Crippen LogP contribution in [0, 0.1) is 6.92 Å². The second kappa shape index (κ2) is 3.38. The molecule has 0 spiro atoms. The van der Waals surface area contributed by atoms with Crippen molar-refractivity contribution in [1.29, 1.82) is 0 Å². The van der Waals surface area contributed by atoms with E-state index in [4.69, 9.17) is 10.3 Å². The maximum atomic E-state index is 5.61. The topological polar surface area (TPSA) is 57.0 Å². The monoisotopic (exact) mass is 227 g/mol. The van der Waals surface area contributed by atoms with E-state index in [-0.39, 0.29) is 0 Å². The predicted octanol–water partition coefficient (Wildman–Crippen LogP) is 2.72. The Morgan fingerprint density at radius 3 is 2.76 bits per heavy atom. The number of rotatable bonds is 1. The zero-order valence-corrected chi connectivity index (χ0v) is 9.77. The lowest BCUT2D eigenvalue weighted by Crippen LogP contribution is -1.89. The maximum absolute atomic E-state index is 5.61. The number of aryl methyl sites for hydroxylation is 1. The van der Waals surface area contributed by atoms with Gasteiger partial charge in [0.1, 0.15) is 0 Å². The van der Waals surface area contributed by atoms with E-state index in [0.717, 1.165) is 22.4 Å². The lowest BCUT2D eigenvalue weighted by Gasteiger charge is -1.97. The number of nitrogens with zero attached hydrogens (tertiary/aromatic N) is 2. The number of benzene rings is 1. The van der Waals surface area contributed by atoms with E-state index in [1.807, 2.05) is 19.2 Å². The summed E-state index contributed by atoms with van der Waals surface area (Å²) in [6.45, 7) is 2.06. The second-order valence-corrected chi connectivity index (χ2v) is 4.15. The largest absolute Gasteiger partial charge is 0.381 e. The molecular formula is C13H13N3O. The minimum absolute atomic E-state index is 0.410. The molecule has 1 aromatic carbocycles. The quantitative estimate of drug-likeness (QED) is 0.695. The molecule has 2 heterocycles. The SMILES string of the molecule is Cc1c(-c2cc(N)no2)c2ccccc2n1C. The van der Waals surface area contributed by atoms with Crippen molar-refractivity contribution in [2.24, 2.45) is 7.05 Å². The van der Waals surface area contributed by atoms with Crippen LogP contribution in [-0.2, 0) is 7.05 Å². The summed E-state index contributed by atoms with van der Waals surface area (Å²) in [6.07, 6.45) is 0. The molecule has 0 amide bonds. The molecule has 0 fully saturated rings. The average molecular weight is 227 g/mol. The van der Waals surface area contributed by atoms with E-state index < -0.39 is 0 Å². The summed E-state index contributed by atoms with van der Waals surface area (Å²) in [5, 5.41) is 4.90. The Labute approximate surface area is 98.6 Å². The van der Waals surface area contributed by atoms with E-state index in [1.165, 1.54) is 5.52 Å². The van der Waals surface area contributed by atoms with Gasteiger partial charge in [-0.05, 0) is 13.0 Å². The summed E-state index contributed by atoms with van der Waals surface area (Å²) in [5.74, 6) is 1.13. The first-order valence-corrected chi connectivity index (χ1v) is 5.45. The minimum Gasteiger partial charge on any atom is -0.381 e. The summed E-state index contributed by atoms with van der Waals surface area (Å²) in [6, 6.07) is 9.97. The normalized spacial score (nSPS) is 11.2. The number of aromatic nitrogens is 2. The Balaban J connectivity index is 2.40. The van der Waals surface area contributed by atoms with Gasteiger partial charge in [0.2, 0.25) is 0 Å². The van der Waals surface area contributed by atoms with Crippen LogP contribution in [0.1, 0.15) is 5.69 Å². The fraction of sp³-hybridized carbons (Fsp3) is 0.154. The van der Waals surface area contributed by atoms with Gasteiger partial charge in [-0.25, -0.2) is 0 Å². The van der Waals surface area contributed by atoms with E-state index in [1.54, 1.807) is 6.07 Å². The van der Waals surface area contributed by atoms with Gasteiger partial charge in [-0.2, -0.15) is 0 Å². The lowest BCUT2D eigenvalue weighted by atomic mass is 10.1. The molecule has 0 saturated heterocycles. The van der Waals surface area contributed by atoms with Crippen molar-refractivity contribution in [3.8, 4) is 11.3 Å². The summed E-state index contributed by atoms with van der Waals surface area (Å²) >= 11 is 0. The molecule has 0 saturated carbocycles. The van der Waals surface area contributed by atoms with Crippen molar-refractivity contribution in [2.75, 3.05) is 5.73 Å². The molecule has 0 aliphatic rings. The molecule has 0 unspecified atom stereocenters. The number of anilines is 1. The molecule has 2 aromatic heterocycles. The van der Waals surface area contributed by atoms with Crippen molar-refractivity contribution < 1.29 is 4.52 Å². The highest BCUT2D eigenvalue weighted by molar-refractivity contribution is 5.96. The summed E-state index contributed by atoms with van der Waals surface area (Å²) < 4.78 is 7.41. The first-order chi connectivity index (χ1) is 8.18. The van der Waals surface area contributed by atoms with Crippen LogP contribution in [0.2, 0.25) is 0 Å². The van der Waals surface area contributed by atoms with Gasteiger partial charge in [0, 0.05) is 35.3 Å². The van der Waals surface area contributed by atoms with Crippen LogP contribution in [0.25, 0.3) is 22.2 Å². The third kappa shape index (κ3) is 1.34. The number of nitrogens with two attached hydrogens (primary N) is 1. The highest BCUT2D eigenvalue weighted by Crippen LogP contribution is 2.34. The molecular weight excluding hydrogens is 214 g/mol. The third-order valence-electron chi connectivity index (χ3n) is 3.17. The highest BCUT2D eigenvalue weighted by atomic mass is 16.5. The zero-order chi connectivity index (χ0) is 12.0. The van der Waals surface area contributed by atoms with Crippen LogP contribution in [0.15, 0.2) is 34.9 Å². The molecule has 4 nitrogen and oxygen atoms in total. The zero-order valence-electron chi connectivity index (χ0n) is 9.77.